The van der Waals surface area contributed by atoms with Gasteiger partial charge in [-0.2, -0.15) is 0 Å². The first-order chi connectivity index (χ1) is 13.0. The van der Waals surface area contributed by atoms with E-state index in [-0.39, 0.29) is 48.2 Å². The highest BCUT2D eigenvalue weighted by molar-refractivity contribution is 5.96. The summed E-state index contributed by atoms with van der Waals surface area (Å²) in [5, 5.41) is 27.9. The molecule has 0 amide bonds. The molecule has 27 heavy (non-hydrogen) atoms. The topological polar surface area (TPSA) is 126 Å². The SMILES string of the molecule is O=C(O)c1ccc2oc3ccc(OCC(O)COCCO)cc3c(=O)c2c1. The van der Waals surface area contributed by atoms with Gasteiger partial charge < -0.3 is 29.2 Å². The fourth-order valence-electron chi connectivity index (χ4n) is 2.58. The van der Waals surface area contributed by atoms with Gasteiger partial charge in [0.2, 0.25) is 5.43 Å². The van der Waals surface area contributed by atoms with Crippen LogP contribution in [0, 0.1) is 0 Å². The molecule has 2 aromatic carbocycles. The Morgan fingerprint density at radius 3 is 2.48 bits per heavy atom. The fraction of sp³-hybridized carbons (Fsp3) is 0.263. The number of carbonyl (C=O) groups is 1. The molecule has 8 heteroatoms. The van der Waals surface area contributed by atoms with E-state index in [0.717, 1.165) is 0 Å². The molecule has 0 aliphatic carbocycles. The number of aliphatic hydroxyl groups is 2. The highest BCUT2D eigenvalue weighted by Crippen LogP contribution is 2.23. The maximum atomic E-state index is 12.7. The highest BCUT2D eigenvalue weighted by Gasteiger charge is 2.12. The van der Waals surface area contributed by atoms with Crippen molar-refractivity contribution >= 4 is 27.9 Å². The second-order valence-corrected chi connectivity index (χ2v) is 5.87. The molecule has 1 atom stereocenters. The maximum Gasteiger partial charge on any atom is 0.335 e. The Hall–Kier alpha value is -2.94. The lowest BCUT2D eigenvalue weighted by molar-refractivity contribution is 0.00136. The van der Waals surface area contributed by atoms with Crippen LogP contribution in [0.1, 0.15) is 10.4 Å². The molecule has 142 valence electrons. The van der Waals surface area contributed by atoms with Crippen molar-refractivity contribution in [2.75, 3.05) is 26.4 Å². The first-order valence-corrected chi connectivity index (χ1v) is 8.23. The molecule has 0 aliphatic rings. The summed E-state index contributed by atoms with van der Waals surface area (Å²) in [6.07, 6.45) is -0.890. The zero-order valence-electron chi connectivity index (χ0n) is 14.3. The number of hydrogen-bond acceptors (Lipinski definition) is 7. The molecule has 0 spiro atoms. The molecule has 3 N–H and O–H groups in total. The summed E-state index contributed by atoms with van der Waals surface area (Å²) in [5.74, 6) is -0.782. The van der Waals surface area contributed by atoms with E-state index in [1.54, 1.807) is 12.1 Å². The van der Waals surface area contributed by atoms with E-state index in [9.17, 15) is 14.7 Å². The number of carboxylic acid groups (broad SMARTS) is 1. The Morgan fingerprint density at radius 2 is 1.78 bits per heavy atom. The number of hydrogen-bond donors (Lipinski definition) is 3. The van der Waals surface area contributed by atoms with Gasteiger partial charge in [0, 0.05) is 0 Å². The lowest BCUT2D eigenvalue weighted by atomic mass is 10.1. The summed E-state index contributed by atoms with van der Waals surface area (Å²) in [6.45, 7) is -0.0526. The van der Waals surface area contributed by atoms with Crippen molar-refractivity contribution in [2.24, 2.45) is 0 Å². The highest BCUT2D eigenvalue weighted by atomic mass is 16.5. The summed E-state index contributed by atoms with van der Waals surface area (Å²) in [6, 6.07) is 8.76. The van der Waals surface area contributed by atoms with Gasteiger partial charge in [0.15, 0.2) is 0 Å². The van der Waals surface area contributed by atoms with Gasteiger partial charge in [-0.25, -0.2) is 4.79 Å². The third kappa shape index (κ3) is 4.25. The fourth-order valence-corrected chi connectivity index (χ4v) is 2.58. The minimum atomic E-state index is -1.13. The normalized spacial score (nSPS) is 12.4. The molecule has 8 nitrogen and oxygen atoms in total. The molecule has 1 unspecified atom stereocenters. The van der Waals surface area contributed by atoms with Crippen LogP contribution in [-0.2, 0) is 4.74 Å². The molecule has 1 heterocycles. The van der Waals surface area contributed by atoms with Crippen LogP contribution in [0.3, 0.4) is 0 Å². The predicted octanol–water partition coefficient (Wildman–Crippen LogP) is 1.39. The van der Waals surface area contributed by atoms with E-state index in [1.807, 2.05) is 0 Å². The van der Waals surface area contributed by atoms with E-state index < -0.39 is 12.1 Å². The van der Waals surface area contributed by atoms with Crippen LogP contribution in [0.25, 0.3) is 21.9 Å². The number of fused-ring (bicyclic) bond motifs is 2. The Kier molecular flexibility index (Phi) is 5.70. The number of benzene rings is 2. The lowest BCUT2D eigenvalue weighted by Crippen LogP contribution is -2.24. The van der Waals surface area contributed by atoms with Crippen molar-refractivity contribution in [3.05, 3.63) is 52.2 Å². The monoisotopic (exact) mass is 374 g/mol. The van der Waals surface area contributed by atoms with Gasteiger partial charge in [0.05, 0.1) is 36.2 Å². The average Bonchev–Trinajstić information content (AvgIpc) is 2.66. The number of rotatable bonds is 8. The minimum absolute atomic E-state index is 0.00689. The van der Waals surface area contributed by atoms with Gasteiger partial charge in [-0.15, -0.1) is 0 Å². The Morgan fingerprint density at radius 1 is 1.07 bits per heavy atom. The smallest absolute Gasteiger partial charge is 0.335 e. The van der Waals surface area contributed by atoms with Gasteiger partial charge in [0.1, 0.15) is 29.6 Å². The maximum absolute atomic E-state index is 12.7. The average molecular weight is 374 g/mol. The molecule has 3 rings (SSSR count). The van der Waals surface area contributed by atoms with E-state index in [2.05, 4.69) is 0 Å². The summed E-state index contributed by atoms with van der Waals surface area (Å²) >= 11 is 0. The predicted molar refractivity (Wildman–Crippen MR) is 96.4 cm³/mol. The summed E-state index contributed by atoms with van der Waals surface area (Å²) in [4.78, 5) is 23.8. The molecule has 0 saturated carbocycles. The van der Waals surface area contributed by atoms with Crippen LogP contribution < -0.4 is 10.2 Å². The van der Waals surface area contributed by atoms with Gasteiger partial charge in [-0.1, -0.05) is 0 Å². The quantitative estimate of drug-likeness (QED) is 0.399. The van der Waals surface area contributed by atoms with Gasteiger partial charge in [-0.05, 0) is 36.4 Å². The number of ether oxygens (including phenoxy) is 2. The number of aromatic carboxylic acids is 1. The van der Waals surface area contributed by atoms with Gasteiger partial charge >= 0.3 is 5.97 Å². The largest absolute Gasteiger partial charge is 0.491 e. The third-order valence-electron chi connectivity index (χ3n) is 3.87. The Balaban J connectivity index is 1.87. The summed E-state index contributed by atoms with van der Waals surface area (Å²) in [7, 11) is 0. The first-order valence-electron chi connectivity index (χ1n) is 8.23. The zero-order chi connectivity index (χ0) is 19.4. The van der Waals surface area contributed by atoms with Crippen LogP contribution >= 0.6 is 0 Å². The van der Waals surface area contributed by atoms with E-state index >= 15 is 0 Å². The molecule has 0 bridgehead atoms. The van der Waals surface area contributed by atoms with Crippen molar-refractivity contribution in [3.63, 3.8) is 0 Å². The Labute approximate surface area is 153 Å². The molecular weight excluding hydrogens is 356 g/mol. The minimum Gasteiger partial charge on any atom is -0.491 e. The van der Waals surface area contributed by atoms with Crippen molar-refractivity contribution in [3.8, 4) is 5.75 Å². The number of carboxylic acids is 1. The van der Waals surface area contributed by atoms with Crippen LogP contribution in [-0.4, -0.2) is 53.8 Å². The van der Waals surface area contributed by atoms with E-state index in [1.165, 1.54) is 24.3 Å². The molecular formula is C19H18O8. The second-order valence-electron chi connectivity index (χ2n) is 5.87. The molecule has 0 radical (unpaired) electrons. The van der Waals surface area contributed by atoms with Crippen molar-refractivity contribution < 1.29 is 34.0 Å². The van der Waals surface area contributed by atoms with E-state index in [0.29, 0.717) is 16.9 Å². The molecule has 0 fully saturated rings. The van der Waals surface area contributed by atoms with Crippen molar-refractivity contribution in [1.82, 2.24) is 0 Å². The zero-order valence-corrected chi connectivity index (χ0v) is 14.3. The van der Waals surface area contributed by atoms with Crippen LogP contribution in [0.2, 0.25) is 0 Å². The number of aliphatic hydroxyl groups excluding tert-OH is 2. The molecule has 3 aromatic rings. The van der Waals surface area contributed by atoms with Crippen LogP contribution in [0.15, 0.2) is 45.6 Å². The standard InChI is InChI=1S/C19H18O8/c20-5-6-25-9-12(21)10-26-13-2-4-17-15(8-13)18(22)14-7-11(19(23)24)1-3-16(14)27-17/h1-4,7-8,12,20-21H,5-6,9-10H2,(H,23,24). The first kappa shape index (κ1) is 18.8. The van der Waals surface area contributed by atoms with Gasteiger partial charge in [0.25, 0.3) is 0 Å². The molecule has 0 aliphatic heterocycles. The van der Waals surface area contributed by atoms with Gasteiger partial charge in [-0.3, -0.25) is 4.79 Å². The summed E-state index contributed by atoms with van der Waals surface area (Å²) < 4.78 is 16.1. The molecule has 1 aromatic heterocycles. The van der Waals surface area contributed by atoms with Crippen molar-refractivity contribution in [1.29, 1.82) is 0 Å². The second kappa shape index (κ2) is 8.17. The van der Waals surface area contributed by atoms with E-state index in [4.69, 9.17) is 24.1 Å². The van der Waals surface area contributed by atoms with Crippen LogP contribution in [0.4, 0.5) is 0 Å². The third-order valence-corrected chi connectivity index (χ3v) is 3.87. The molecule has 0 saturated heterocycles. The Bertz CT molecular complexity index is 1020. The van der Waals surface area contributed by atoms with Crippen LogP contribution in [0.5, 0.6) is 5.75 Å². The van der Waals surface area contributed by atoms with Crippen molar-refractivity contribution in [2.45, 2.75) is 6.10 Å². The lowest BCUT2D eigenvalue weighted by Gasteiger charge is -2.12. The summed E-state index contributed by atoms with van der Waals surface area (Å²) in [5.41, 5.74) is 0.261.